The van der Waals surface area contributed by atoms with E-state index in [0.29, 0.717) is 19.2 Å². The minimum Gasteiger partial charge on any atom is -0.492 e. The van der Waals surface area contributed by atoms with Crippen LogP contribution in [0.1, 0.15) is 38.3 Å². The molecule has 0 fully saturated rings. The molecule has 0 bridgehead atoms. The van der Waals surface area contributed by atoms with Gasteiger partial charge in [-0.3, -0.25) is 4.90 Å². The summed E-state index contributed by atoms with van der Waals surface area (Å²) in [7, 11) is 4.10. The third-order valence-electron chi connectivity index (χ3n) is 3.94. The van der Waals surface area contributed by atoms with E-state index in [0.717, 1.165) is 25.4 Å². The Bertz CT molecular complexity index is 392. The molecule has 0 spiro atoms. The van der Waals surface area contributed by atoms with Crippen molar-refractivity contribution in [3.05, 3.63) is 29.8 Å². The zero-order chi connectivity index (χ0) is 16.4. The highest BCUT2D eigenvalue weighted by atomic mass is 16.5. The summed E-state index contributed by atoms with van der Waals surface area (Å²) in [5, 5.41) is 0. The maximum Gasteiger partial charge on any atom is 0.119 e. The fourth-order valence-corrected chi connectivity index (χ4v) is 2.52. The normalized spacial score (nSPS) is 12.9. The summed E-state index contributed by atoms with van der Waals surface area (Å²) >= 11 is 0. The Morgan fingerprint density at radius 3 is 2.27 bits per heavy atom. The van der Waals surface area contributed by atoms with Gasteiger partial charge >= 0.3 is 0 Å². The van der Waals surface area contributed by atoms with Crippen molar-refractivity contribution in [1.82, 2.24) is 9.80 Å². The molecule has 0 aliphatic rings. The monoisotopic (exact) mass is 307 g/mol. The zero-order valence-corrected chi connectivity index (χ0v) is 14.7. The minimum atomic E-state index is 0.298. The van der Waals surface area contributed by atoms with Crippen LogP contribution in [0.5, 0.6) is 5.75 Å². The molecule has 0 aliphatic heterocycles. The molecule has 1 aromatic carbocycles. The summed E-state index contributed by atoms with van der Waals surface area (Å²) in [5.41, 5.74) is 7.30. The predicted octanol–water partition coefficient (Wildman–Crippen LogP) is 2.75. The van der Waals surface area contributed by atoms with Crippen LogP contribution in [-0.4, -0.2) is 56.7 Å². The molecule has 0 amide bonds. The molecule has 1 aromatic rings. The number of benzene rings is 1. The van der Waals surface area contributed by atoms with Crippen molar-refractivity contribution in [3.63, 3.8) is 0 Å². The van der Waals surface area contributed by atoms with Crippen LogP contribution in [0.15, 0.2) is 24.3 Å². The number of nitrogens with zero attached hydrogens (tertiary/aromatic N) is 2. The van der Waals surface area contributed by atoms with E-state index >= 15 is 0 Å². The van der Waals surface area contributed by atoms with Crippen LogP contribution >= 0.6 is 0 Å². The summed E-state index contributed by atoms with van der Waals surface area (Å²) in [4.78, 5) is 4.58. The van der Waals surface area contributed by atoms with Crippen molar-refractivity contribution in [1.29, 1.82) is 0 Å². The molecule has 0 saturated carbocycles. The first-order chi connectivity index (χ1) is 10.6. The van der Waals surface area contributed by atoms with Crippen molar-refractivity contribution < 1.29 is 4.74 Å². The summed E-state index contributed by atoms with van der Waals surface area (Å²) in [6.45, 7) is 8.86. The van der Waals surface area contributed by atoms with Gasteiger partial charge in [0.1, 0.15) is 12.4 Å². The van der Waals surface area contributed by atoms with Gasteiger partial charge in [0.2, 0.25) is 0 Å². The van der Waals surface area contributed by atoms with Crippen LogP contribution in [0.2, 0.25) is 0 Å². The highest BCUT2D eigenvalue weighted by Crippen LogP contribution is 2.22. The molecule has 1 rings (SSSR count). The molecule has 0 heterocycles. The zero-order valence-electron chi connectivity index (χ0n) is 14.7. The molecule has 4 nitrogen and oxygen atoms in total. The van der Waals surface area contributed by atoms with Crippen LogP contribution in [-0.2, 0) is 0 Å². The second-order valence-electron chi connectivity index (χ2n) is 5.95. The first kappa shape index (κ1) is 18.9. The number of likely N-dealkylation sites (N-methyl/N-ethyl adjacent to an activating group) is 2. The highest BCUT2D eigenvalue weighted by Gasteiger charge is 2.17. The lowest BCUT2D eigenvalue weighted by Gasteiger charge is -2.30. The van der Waals surface area contributed by atoms with Crippen molar-refractivity contribution in [2.24, 2.45) is 5.73 Å². The van der Waals surface area contributed by atoms with Crippen LogP contribution < -0.4 is 10.5 Å². The van der Waals surface area contributed by atoms with Gasteiger partial charge in [0, 0.05) is 19.1 Å². The first-order valence-electron chi connectivity index (χ1n) is 8.43. The van der Waals surface area contributed by atoms with Crippen LogP contribution in [0, 0.1) is 0 Å². The summed E-state index contributed by atoms with van der Waals surface area (Å²) in [6, 6.07) is 8.71. The van der Waals surface area contributed by atoms with Crippen molar-refractivity contribution in [2.75, 3.05) is 46.9 Å². The molecule has 0 aliphatic carbocycles. The molecule has 22 heavy (non-hydrogen) atoms. The van der Waals surface area contributed by atoms with Crippen LogP contribution in [0.25, 0.3) is 0 Å². The number of rotatable bonds is 11. The van der Waals surface area contributed by atoms with E-state index < -0.39 is 0 Å². The van der Waals surface area contributed by atoms with Crippen molar-refractivity contribution in [2.45, 2.75) is 32.7 Å². The second-order valence-corrected chi connectivity index (χ2v) is 5.95. The van der Waals surface area contributed by atoms with E-state index in [9.17, 15) is 0 Å². The Labute approximate surface area is 136 Å². The maximum absolute atomic E-state index is 6.03. The molecule has 0 saturated heterocycles. The minimum absolute atomic E-state index is 0.298. The number of nitrogens with two attached hydrogens (primary N) is 1. The standard InChI is InChI=1S/C18H33N3O/c1-5-7-12-21(6-2)18(15-19)16-8-10-17(11-9-16)22-14-13-20(3)4/h8-11,18H,5-7,12-15,19H2,1-4H3. The average Bonchev–Trinajstić information content (AvgIpc) is 2.52. The van der Waals surface area contributed by atoms with Crippen molar-refractivity contribution >= 4 is 0 Å². The molecular weight excluding hydrogens is 274 g/mol. The largest absolute Gasteiger partial charge is 0.492 e. The number of ether oxygens (including phenoxy) is 1. The Morgan fingerprint density at radius 2 is 1.77 bits per heavy atom. The van der Waals surface area contributed by atoms with E-state index in [-0.39, 0.29) is 0 Å². The van der Waals surface area contributed by atoms with Gasteiger partial charge in [0.15, 0.2) is 0 Å². The summed E-state index contributed by atoms with van der Waals surface area (Å²) in [5.74, 6) is 0.929. The molecule has 4 heteroatoms. The quantitative estimate of drug-likeness (QED) is 0.682. The molecule has 0 radical (unpaired) electrons. The maximum atomic E-state index is 6.03. The predicted molar refractivity (Wildman–Crippen MR) is 94.4 cm³/mol. The number of unbranched alkanes of at least 4 members (excludes halogenated alkanes) is 1. The molecular formula is C18H33N3O. The first-order valence-corrected chi connectivity index (χ1v) is 8.43. The van der Waals surface area contributed by atoms with E-state index in [4.69, 9.17) is 10.5 Å². The SMILES string of the molecule is CCCCN(CC)C(CN)c1ccc(OCCN(C)C)cc1. The topological polar surface area (TPSA) is 41.7 Å². The summed E-state index contributed by atoms with van der Waals surface area (Å²) in [6.07, 6.45) is 2.43. The van der Waals surface area contributed by atoms with E-state index in [1.807, 2.05) is 14.1 Å². The smallest absolute Gasteiger partial charge is 0.119 e. The lowest BCUT2D eigenvalue weighted by molar-refractivity contribution is 0.209. The number of hydrogen-bond acceptors (Lipinski definition) is 4. The van der Waals surface area contributed by atoms with Crippen molar-refractivity contribution in [3.8, 4) is 5.75 Å². The van der Waals surface area contributed by atoms with Crippen LogP contribution in [0.4, 0.5) is 0 Å². The lowest BCUT2D eigenvalue weighted by Crippen LogP contribution is -2.34. The number of hydrogen-bond donors (Lipinski definition) is 1. The fourth-order valence-electron chi connectivity index (χ4n) is 2.52. The van der Waals surface area contributed by atoms with Gasteiger partial charge in [-0.15, -0.1) is 0 Å². The van der Waals surface area contributed by atoms with Crippen LogP contribution in [0.3, 0.4) is 0 Å². The van der Waals surface area contributed by atoms with E-state index in [2.05, 4.69) is 47.9 Å². The third kappa shape index (κ3) is 6.34. The second kappa shape index (κ2) is 10.6. The Kier molecular flexibility index (Phi) is 9.13. The van der Waals surface area contributed by atoms with Gasteiger partial charge in [0.25, 0.3) is 0 Å². The molecule has 2 N–H and O–H groups in total. The average molecular weight is 307 g/mol. The Balaban J connectivity index is 2.64. The van der Waals surface area contributed by atoms with E-state index in [1.165, 1.54) is 18.4 Å². The fraction of sp³-hybridized carbons (Fsp3) is 0.667. The third-order valence-corrected chi connectivity index (χ3v) is 3.94. The van der Waals surface area contributed by atoms with Gasteiger partial charge in [0.05, 0.1) is 0 Å². The van der Waals surface area contributed by atoms with Gasteiger partial charge in [-0.25, -0.2) is 0 Å². The molecule has 1 unspecified atom stereocenters. The Hall–Kier alpha value is -1.10. The Morgan fingerprint density at radius 1 is 1.09 bits per heavy atom. The van der Waals surface area contributed by atoms with Gasteiger partial charge < -0.3 is 15.4 Å². The molecule has 1 atom stereocenters. The van der Waals surface area contributed by atoms with Gasteiger partial charge in [-0.2, -0.15) is 0 Å². The van der Waals surface area contributed by atoms with Gasteiger partial charge in [-0.1, -0.05) is 32.4 Å². The molecule has 126 valence electrons. The molecule has 0 aromatic heterocycles. The summed E-state index contributed by atoms with van der Waals surface area (Å²) < 4.78 is 5.75. The van der Waals surface area contributed by atoms with E-state index in [1.54, 1.807) is 0 Å². The lowest BCUT2D eigenvalue weighted by atomic mass is 10.0. The highest BCUT2D eigenvalue weighted by molar-refractivity contribution is 5.29. The van der Waals surface area contributed by atoms with Gasteiger partial charge in [-0.05, 0) is 51.3 Å².